The smallest absolute Gasteiger partial charge is 0.420 e. The Morgan fingerprint density at radius 2 is 1.77 bits per heavy atom. The van der Waals surface area contributed by atoms with Gasteiger partial charge in [0.05, 0.1) is 25.8 Å². The number of alkyl halides is 1. The Morgan fingerprint density at radius 3 is 2.53 bits per heavy atom. The molecule has 0 amide bonds. The van der Waals surface area contributed by atoms with Crippen molar-refractivity contribution in [3.8, 4) is 5.75 Å². The zero-order valence-corrected chi connectivity index (χ0v) is 16.6. The number of fused-ring (bicyclic) bond motifs is 5. The van der Waals surface area contributed by atoms with E-state index >= 15 is 0 Å². The average Bonchev–Trinajstić information content (AvgIpc) is 3.27. The van der Waals surface area contributed by atoms with Crippen molar-refractivity contribution in [2.24, 2.45) is 0 Å². The molecule has 0 fully saturated rings. The van der Waals surface area contributed by atoms with Gasteiger partial charge >= 0.3 is 5.76 Å². The number of nitrogens with zero attached hydrogens (tertiary/aromatic N) is 2. The number of oxazole rings is 1. The first-order valence-corrected chi connectivity index (χ1v) is 9.93. The number of rotatable bonds is 6. The van der Waals surface area contributed by atoms with E-state index in [1.54, 1.807) is 11.7 Å². The first-order valence-electron chi connectivity index (χ1n) is 9.93. The SMILES string of the molecule is COc1ccc(Cn2c(=O)oc3ccc4c(c5ccccc5n4CCCF)c32)cc1. The van der Waals surface area contributed by atoms with Gasteiger partial charge in [-0.25, -0.2) is 4.79 Å². The third kappa shape index (κ3) is 2.87. The lowest BCUT2D eigenvalue weighted by molar-refractivity contribution is 0.414. The molecular formula is C24H21FN2O3. The second-order valence-corrected chi connectivity index (χ2v) is 7.32. The van der Waals surface area contributed by atoms with Crippen LogP contribution in [-0.4, -0.2) is 22.9 Å². The number of methoxy groups -OCH3 is 1. The lowest BCUT2D eigenvalue weighted by atomic mass is 10.1. The van der Waals surface area contributed by atoms with Crippen molar-refractivity contribution >= 4 is 32.9 Å². The number of halogens is 1. The number of benzene rings is 3. The van der Waals surface area contributed by atoms with E-state index < -0.39 is 5.76 Å². The molecule has 0 aliphatic carbocycles. The highest BCUT2D eigenvalue weighted by Gasteiger charge is 2.19. The van der Waals surface area contributed by atoms with Crippen molar-refractivity contribution < 1.29 is 13.5 Å². The predicted octanol–water partition coefficient (Wildman–Crippen LogP) is 5.12. The highest BCUT2D eigenvalue weighted by atomic mass is 19.1. The fourth-order valence-corrected chi connectivity index (χ4v) is 4.21. The van der Waals surface area contributed by atoms with Crippen LogP contribution in [0.25, 0.3) is 32.9 Å². The molecule has 6 heteroatoms. The molecule has 30 heavy (non-hydrogen) atoms. The molecule has 2 heterocycles. The largest absolute Gasteiger partial charge is 0.497 e. The molecule has 5 rings (SSSR count). The van der Waals surface area contributed by atoms with Crippen LogP contribution in [0.3, 0.4) is 0 Å². The number of ether oxygens (including phenoxy) is 1. The van der Waals surface area contributed by atoms with Gasteiger partial charge in [0, 0.05) is 22.8 Å². The van der Waals surface area contributed by atoms with Gasteiger partial charge in [0.2, 0.25) is 0 Å². The molecule has 0 atom stereocenters. The number of aryl methyl sites for hydroxylation is 1. The Morgan fingerprint density at radius 1 is 0.967 bits per heavy atom. The minimum Gasteiger partial charge on any atom is -0.497 e. The average molecular weight is 404 g/mol. The second kappa shape index (κ2) is 7.37. The van der Waals surface area contributed by atoms with E-state index in [-0.39, 0.29) is 6.67 Å². The van der Waals surface area contributed by atoms with Crippen LogP contribution in [-0.2, 0) is 13.1 Å². The summed E-state index contributed by atoms with van der Waals surface area (Å²) in [5.74, 6) is 0.371. The molecule has 2 aromatic heterocycles. The number of aromatic nitrogens is 2. The van der Waals surface area contributed by atoms with E-state index in [1.807, 2.05) is 60.7 Å². The summed E-state index contributed by atoms with van der Waals surface area (Å²) in [6.07, 6.45) is 0.440. The minimum absolute atomic E-state index is 0.371. The molecule has 152 valence electrons. The maximum Gasteiger partial charge on any atom is 0.420 e. The van der Waals surface area contributed by atoms with E-state index in [1.165, 1.54) is 0 Å². The predicted molar refractivity (Wildman–Crippen MR) is 116 cm³/mol. The molecule has 0 bridgehead atoms. The Labute approximate surface area is 171 Å². The molecule has 3 aromatic carbocycles. The van der Waals surface area contributed by atoms with E-state index in [9.17, 15) is 9.18 Å². The Kier molecular flexibility index (Phi) is 4.54. The molecule has 5 nitrogen and oxygen atoms in total. The first-order chi connectivity index (χ1) is 14.7. The zero-order valence-electron chi connectivity index (χ0n) is 16.6. The molecule has 0 unspecified atom stereocenters. The lowest BCUT2D eigenvalue weighted by Gasteiger charge is -2.07. The summed E-state index contributed by atoms with van der Waals surface area (Å²) in [4.78, 5) is 12.7. The summed E-state index contributed by atoms with van der Waals surface area (Å²) >= 11 is 0. The van der Waals surface area contributed by atoms with Gasteiger partial charge in [-0.05, 0) is 42.3 Å². The van der Waals surface area contributed by atoms with Crippen molar-refractivity contribution in [1.29, 1.82) is 0 Å². The van der Waals surface area contributed by atoms with Crippen molar-refractivity contribution in [2.75, 3.05) is 13.8 Å². The van der Waals surface area contributed by atoms with Crippen molar-refractivity contribution in [2.45, 2.75) is 19.5 Å². The molecule has 0 saturated carbocycles. The van der Waals surface area contributed by atoms with Crippen molar-refractivity contribution in [1.82, 2.24) is 9.13 Å². The Hall–Kier alpha value is -3.54. The third-order valence-corrected chi connectivity index (χ3v) is 5.58. The highest BCUT2D eigenvalue weighted by molar-refractivity contribution is 6.18. The summed E-state index contributed by atoms with van der Waals surface area (Å²) in [5.41, 5.74) is 4.29. The Balaban J connectivity index is 1.77. The summed E-state index contributed by atoms with van der Waals surface area (Å²) in [7, 11) is 1.62. The van der Waals surface area contributed by atoms with Crippen molar-refractivity contribution in [3.05, 3.63) is 76.8 Å². The van der Waals surface area contributed by atoms with Crippen LogP contribution in [0, 0.1) is 0 Å². The second-order valence-electron chi connectivity index (χ2n) is 7.32. The van der Waals surface area contributed by atoms with E-state index in [2.05, 4.69) is 4.57 Å². The first kappa shape index (κ1) is 18.5. The van der Waals surface area contributed by atoms with Crippen molar-refractivity contribution in [3.63, 3.8) is 0 Å². The summed E-state index contributed by atoms with van der Waals surface area (Å²) in [5, 5.41) is 1.99. The third-order valence-electron chi connectivity index (χ3n) is 5.58. The van der Waals surface area contributed by atoms with E-state index in [0.717, 1.165) is 38.6 Å². The van der Waals surface area contributed by atoms with E-state index in [0.29, 0.717) is 25.1 Å². The molecule has 0 aliphatic heterocycles. The number of para-hydroxylation sites is 1. The maximum absolute atomic E-state index is 12.9. The van der Waals surface area contributed by atoms with Gasteiger partial charge in [-0.3, -0.25) is 8.96 Å². The van der Waals surface area contributed by atoms with Crippen LogP contribution in [0.2, 0.25) is 0 Å². The molecule has 0 spiro atoms. The van der Waals surface area contributed by atoms with Gasteiger partial charge in [-0.2, -0.15) is 0 Å². The minimum atomic E-state index is -0.395. The normalized spacial score (nSPS) is 11.7. The van der Waals surface area contributed by atoms with Crippen LogP contribution in [0.15, 0.2) is 69.9 Å². The van der Waals surface area contributed by atoms with Gasteiger partial charge in [-0.15, -0.1) is 0 Å². The number of hydrogen-bond donors (Lipinski definition) is 0. The molecule has 5 aromatic rings. The van der Waals surface area contributed by atoms with Crippen LogP contribution >= 0.6 is 0 Å². The van der Waals surface area contributed by atoms with Gasteiger partial charge in [0.15, 0.2) is 5.58 Å². The molecule has 0 N–H and O–H groups in total. The maximum atomic E-state index is 12.9. The fraction of sp³-hybridized carbons (Fsp3) is 0.208. The van der Waals surface area contributed by atoms with Gasteiger partial charge in [0.1, 0.15) is 11.3 Å². The van der Waals surface area contributed by atoms with E-state index in [4.69, 9.17) is 9.15 Å². The summed E-state index contributed by atoms with van der Waals surface area (Å²) in [6.45, 7) is 0.593. The summed E-state index contributed by atoms with van der Waals surface area (Å²) < 4.78 is 27.5. The molecule has 0 saturated heterocycles. The summed E-state index contributed by atoms with van der Waals surface area (Å²) in [6, 6.07) is 19.4. The lowest BCUT2D eigenvalue weighted by Crippen LogP contribution is -2.15. The zero-order chi connectivity index (χ0) is 20.7. The monoisotopic (exact) mass is 404 g/mol. The van der Waals surface area contributed by atoms with Crippen LogP contribution in [0.5, 0.6) is 5.75 Å². The number of hydrogen-bond acceptors (Lipinski definition) is 3. The molecule has 0 radical (unpaired) electrons. The molecular weight excluding hydrogens is 383 g/mol. The quantitative estimate of drug-likeness (QED) is 0.395. The fourth-order valence-electron chi connectivity index (χ4n) is 4.21. The van der Waals surface area contributed by atoms with Crippen LogP contribution in [0.1, 0.15) is 12.0 Å². The van der Waals surface area contributed by atoms with Crippen LogP contribution in [0.4, 0.5) is 4.39 Å². The highest BCUT2D eigenvalue weighted by Crippen LogP contribution is 2.35. The van der Waals surface area contributed by atoms with Gasteiger partial charge < -0.3 is 13.7 Å². The van der Waals surface area contributed by atoms with Gasteiger partial charge in [0.25, 0.3) is 0 Å². The Bertz CT molecular complexity index is 1410. The van der Waals surface area contributed by atoms with Crippen LogP contribution < -0.4 is 10.5 Å². The van der Waals surface area contributed by atoms with Gasteiger partial charge in [-0.1, -0.05) is 30.3 Å². The molecule has 0 aliphatic rings. The topological polar surface area (TPSA) is 49.3 Å². The standard InChI is InChI=1S/C24H21FN2O3/c1-29-17-9-7-16(8-10-17)15-27-23-21(30-24(27)28)12-11-20-22(23)18-5-2-3-6-19(18)26(20)14-4-13-25/h2-3,5-12H,4,13-15H2,1H3.